The average Bonchev–Trinajstić information content (AvgIpc) is 2.72. The van der Waals surface area contributed by atoms with Gasteiger partial charge >= 0.3 is 0 Å². The number of aromatic nitrogens is 2. The normalized spacial score (nSPS) is 10.4. The summed E-state index contributed by atoms with van der Waals surface area (Å²) in [7, 11) is 1.77. The third-order valence-corrected chi connectivity index (χ3v) is 2.70. The molecule has 4 nitrogen and oxygen atoms in total. The summed E-state index contributed by atoms with van der Waals surface area (Å²) in [6.07, 6.45) is 2.81. The SMILES string of the molecule is Cn1nccc1C(=O)CCc1cccc(N)c1. The molecule has 0 saturated carbocycles. The lowest BCUT2D eigenvalue weighted by atomic mass is 10.1. The van der Waals surface area contributed by atoms with E-state index in [-0.39, 0.29) is 5.78 Å². The molecular formula is C13H15N3O. The van der Waals surface area contributed by atoms with Gasteiger partial charge in [0, 0.05) is 25.4 Å². The molecular weight excluding hydrogens is 214 g/mol. The van der Waals surface area contributed by atoms with E-state index in [9.17, 15) is 4.79 Å². The monoisotopic (exact) mass is 229 g/mol. The Labute approximate surface area is 100 Å². The van der Waals surface area contributed by atoms with E-state index in [4.69, 9.17) is 5.73 Å². The molecule has 1 aromatic heterocycles. The fourth-order valence-corrected chi connectivity index (χ4v) is 1.78. The van der Waals surface area contributed by atoms with Gasteiger partial charge in [-0.25, -0.2) is 0 Å². The molecule has 0 saturated heterocycles. The van der Waals surface area contributed by atoms with Crippen molar-refractivity contribution in [1.29, 1.82) is 0 Å². The van der Waals surface area contributed by atoms with Crippen molar-refractivity contribution >= 4 is 11.5 Å². The van der Waals surface area contributed by atoms with Crippen molar-refractivity contribution < 1.29 is 4.79 Å². The van der Waals surface area contributed by atoms with Gasteiger partial charge in [-0.15, -0.1) is 0 Å². The Morgan fingerprint density at radius 1 is 1.41 bits per heavy atom. The zero-order valence-corrected chi connectivity index (χ0v) is 9.76. The molecule has 0 fully saturated rings. The van der Waals surface area contributed by atoms with E-state index in [1.54, 1.807) is 24.0 Å². The molecule has 2 rings (SSSR count). The van der Waals surface area contributed by atoms with Gasteiger partial charge in [-0.05, 0) is 30.2 Å². The third-order valence-electron chi connectivity index (χ3n) is 2.70. The maximum absolute atomic E-state index is 11.9. The number of hydrogen-bond acceptors (Lipinski definition) is 3. The lowest BCUT2D eigenvalue weighted by Crippen LogP contribution is -2.07. The van der Waals surface area contributed by atoms with Gasteiger partial charge in [0.25, 0.3) is 0 Å². The highest BCUT2D eigenvalue weighted by Gasteiger charge is 2.09. The number of nitrogens with two attached hydrogens (primary N) is 1. The first-order valence-electron chi connectivity index (χ1n) is 5.52. The van der Waals surface area contributed by atoms with E-state index < -0.39 is 0 Å². The van der Waals surface area contributed by atoms with Crippen molar-refractivity contribution in [3.8, 4) is 0 Å². The second kappa shape index (κ2) is 4.82. The number of nitrogens with zero attached hydrogens (tertiary/aromatic N) is 2. The lowest BCUT2D eigenvalue weighted by Gasteiger charge is -2.03. The number of rotatable bonds is 4. The molecule has 0 bridgehead atoms. The van der Waals surface area contributed by atoms with Gasteiger partial charge < -0.3 is 5.73 Å². The summed E-state index contributed by atoms with van der Waals surface area (Å²) >= 11 is 0. The van der Waals surface area contributed by atoms with Crippen LogP contribution < -0.4 is 5.73 Å². The van der Waals surface area contributed by atoms with Crippen LogP contribution in [0, 0.1) is 0 Å². The molecule has 1 heterocycles. The molecule has 88 valence electrons. The first-order chi connectivity index (χ1) is 8.16. The Morgan fingerprint density at radius 2 is 2.24 bits per heavy atom. The van der Waals surface area contributed by atoms with Crippen molar-refractivity contribution in [2.24, 2.45) is 7.05 Å². The van der Waals surface area contributed by atoms with Crippen molar-refractivity contribution in [1.82, 2.24) is 9.78 Å². The number of aryl methyl sites for hydroxylation is 2. The first-order valence-corrected chi connectivity index (χ1v) is 5.52. The van der Waals surface area contributed by atoms with E-state index in [1.165, 1.54) is 0 Å². The highest BCUT2D eigenvalue weighted by molar-refractivity contribution is 5.94. The summed E-state index contributed by atoms with van der Waals surface area (Å²) in [4.78, 5) is 11.9. The van der Waals surface area contributed by atoms with Crippen molar-refractivity contribution in [2.75, 3.05) is 5.73 Å². The molecule has 0 aliphatic rings. The predicted octanol–water partition coefficient (Wildman–Crippen LogP) is 1.82. The molecule has 1 aromatic carbocycles. The zero-order valence-electron chi connectivity index (χ0n) is 9.76. The molecule has 0 spiro atoms. The fourth-order valence-electron chi connectivity index (χ4n) is 1.78. The molecule has 0 aliphatic carbocycles. The van der Waals surface area contributed by atoms with E-state index in [0.29, 0.717) is 18.5 Å². The minimum Gasteiger partial charge on any atom is -0.399 e. The Hall–Kier alpha value is -2.10. The van der Waals surface area contributed by atoms with E-state index in [1.807, 2.05) is 24.3 Å². The molecule has 0 radical (unpaired) electrons. The molecule has 4 heteroatoms. The van der Waals surface area contributed by atoms with Gasteiger partial charge in [-0.1, -0.05) is 12.1 Å². The smallest absolute Gasteiger partial charge is 0.181 e. The Morgan fingerprint density at radius 3 is 2.88 bits per heavy atom. The Kier molecular flexibility index (Phi) is 3.23. The van der Waals surface area contributed by atoms with E-state index in [0.717, 1.165) is 11.3 Å². The summed E-state index contributed by atoms with van der Waals surface area (Å²) in [5, 5.41) is 3.98. The second-order valence-electron chi connectivity index (χ2n) is 4.01. The van der Waals surface area contributed by atoms with Gasteiger partial charge in [0.05, 0.1) is 0 Å². The molecule has 0 atom stereocenters. The van der Waals surface area contributed by atoms with Crippen LogP contribution in [0.25, 0.3) is 0 Å². The summed E-state index contributed by atoms with van der Waals surface area (Å²) in [5.74, 6) is 0.104. The van der Waals surface area contributed by atoms with Gasteiger partial charge in [-0.3, -0.25) is 9.48 Å². The quantitative estimate of drug-likeness (QED) is 0.642. The highest BCUT2D eigenvalue weighted by atomic mass is 16.1. The van der Waals surface area contributed by atoms with Crippen LogP contribution in [0.1, 0.15) is 22.5 Å². The molecule has 2 N–H and O–H groups in total. The van der Waals surface area contributed by atoms with Gasteiger partial charge in [0.1, 0.15) is 5.69 Å². The number of anilines is 1. The van der Waals surface area contributed by atoms with Crippen LogP contribution in [0.4, 0.5) is 5.69 Å². The number of Topliss-reactive ketones (excluding diaryl/α,β-unsaturated/α-hetero) is 1. The van der Waals surface area contributed by atoms with E-state index >= 15 is 0 Å². The standard InChI is InChI=1S/C13H15N3O/c1-16-12(7-8-15-16)13(17)6-5-10-3-2-4-11(14)9-10/h2-4,7-9H,5-6,14H2,1H3. The topological polar surface area (TPSA) is 60.9 Å². The number of nitrogen functional groups attached to an aromatic ring is 1. The first kappa shape index (κ1) is 11.4. The van der Waals surface area contributed by atoms with Crippen molar-refractivity contribution in [2.45, 2.75) is 12.8 Å². The molecule has 0 unspecified atom stereocenters. The average molecular weight is 229 g/mol. The molecule has 2 aromatic rings. The van der Waals surface area contributed by atoms with Crippen molar-refractivity contribution in [3.05, 3.63) is 47.8 Å². The van der Waals surface area contributed by atoms with Crippen LogP contribution in [0.15, 0.2) is 36.5 Å². The molecule has 17 heavy (non-hydrogen) atoms. The molecule has 0 aliphatic heterocycles. The number of carbonyl (C=O) groups excluding carboxylic acids is 1. The predicted molar refractivity (Wildman–Crippen MR) is 66.7 cm³/mol. The fraction of sp³-hybridized carbons (Fsp3) is 0.231. The maximum atomic E-state index is 11.9. The zero-order chi connectivity index (χ0) is 12.3. The van der Waals surface area contributed by atoms with Crippen LogP contribution >= 0.6 is 0 Å². The largest absolute Gasteiger partial charge is 0.399 e. The van der Waals surface area contributed by atoms with E-state index in [2.05, 4.69) is 5.10 Å². The molecule has 0 amide bonds. The van der Waals surface area contributed by atoms with Crippen LogP contribution in [0.5, 0.6) is 0 Å². The number of hydrogen-bond donors (Lipinski definition) is 1. The highest BCUT2D eigenvalue weighted by Crippen LogP contribution is 2.11. The third kappa shape index (κ3) is 2.72. The van der Waals surface area contributed by atoms with Crippen molar-refractivity contribution in [3.63, 3.8) is 0 Å². The van der Waals surface area contributed by atoms with Gasteiger partial charge in [0.15, 0.2) is 5.78 Å². The lowest BCUT2D eigenvalue weighted by molar-refractivity contribution is 0.0974. The van der Waals surface area contributed by atoms with Crippen LogP contribution in [-0.4, -0.2) is 15.6 Å². The number of carbonyl (C=O) groups is 1. The summed E-state index contributed by atoms with van der Waals surface area (Å²) in [6, 6.07) is 9.36. The number of benzene rings is 1. The maximum Gasteiger partial charge on any atom is 0.181 e. The van der Waals surface area contributed by atoms with Crippen LogP contribution in [0.2, 0.25) is 0 Å². The van der Waals surface area contributed by atoms with Gasteiger partial charge in [-0.2, -0.15) is 5.10 Å². The number of ketones is 1. The summed E-state index contributed by atoms with van der Waals surface area (Å²) in [5.41, 5.74) is 8.15. The summed E-state index contributed by atoms with van der Waals surface area (Å²) in [6.45, 7) is 0. The van der Waals surface area contributed by atoms with Gasteiger partial charge in [0.2, 0.25) is 0 Å². The Bertz CT molecular complexity index is 531. The second-order valence-corrected chi connectivity index (χ2v) is 4.01. The summed E-state index contributed by atoms with van der Waals surface area (Å²) < 4.78 is 1.60. The minimum absolute atomic E-state index is 0.104. The van der Waals surface area contributed by atoms with Crippen LogP contribution in [0.3, 0.4) is 0 Å². The van der Waals surface area contributed by atoms with Crippen LogP contribution in [-0.2, 0) is 13.5 Å². The minimum atomic E-state index is 0.104. The Balaban J connectivity index is 1.99.